The lowest BCUT2D eigenvalue weighted by atomic mass is 9.95. The van der Waals surface area contributed by atoms with Crippen molar-refractivity contribution in [3.63, 3.8) is 0 Å². The first-order chi connectivity index (χ1) is 8.78. The Kier molecular flexibility index (Phi) is 4.09. The highest BCUT2D eigenvalue weighted by Crippen LogP contribution is 2.40. The molecule has 1 aliphatic carbocycles. The Balaban J connectivity index is 2.09. The van der Waals surface area contributed by atoms with Crippen molar-refractivity contribution in [1.82, 2.24) is 0 Å². The molecule has 104 valence electrons. The molecule has 1 fully saturated rings. The molecule has 0 spiro atoms. The van der Waals surface area contributed by atoms with Gasteiger partial charge in [-0.2, -0.15) is 0 Å². The number of benzene rings is 1. The topological polar surface area (TPSA) is 17.1 Å². The fraction of sp³-hybridized carbons (Fsp3) is 0.533. The molecule has 0 amide bonds. The molecule has 1 aromatic carbocycles. The summed E-state index contributed by atoms with van der Waals surface area (Å²) in [5, 5.41) is 0. The molecule has 1 nitrogen and oxygen atoms in total. The first-order valence-electron chi connectivity index (χ1n) is 6.46. The van der Waals surface area contributed by atoms with Gasteiger partial charge in [-0.3, -0.25) is 4.79 Å². The van der Waals surface area contributed by atoms with Crippen LogP contribution in [0.1, 0.15) is 47.2 Å². The molecule has 0 saturated heterocycles. The van der Waals surface area contributed by atoms with Gasteiger partial charge in [-0.05, 0) is 49.4 Å². The van der Waals surface area contributed by atoms with Gasteiger partial charge in [-0.15, -0.1) is 0 Å². The van der Waals surface area contributed by atoms with Crippen molar-refractivity contribution in [3.05, 3.63) is 33.3 Å². The molecule has 4 heteroatoms. The molecular weight excluding hydrogens is 314 g/mol. The van der Waals surface area contributed by atoms with E-state index in [0.29, 0.717) is 12.0 Å². The van der Waals surface area contributed by atoms with Crippen molar-refractivity contribution >= 4 is 21.7 Å². The molecule has 0 N–H and O–H groups in total. The van der Waals surface area contributed by atoms with Gasteiger partial charge in [0.2, 0.25) is 5.92 Å². The van der Waals surface area contributed by atoms with Crippen LogP contribution in [0.4, 0.5) is 8.78 Å². The number of halogens is 3. The summed E-state index contributed by atoms with van der Waals surface area (Å²) in [5.74, 6) is -2.77. The zero-order valence-electron chi connectivity index (χ0n) is 11.1. The van der Waals surface area contributed by atoms with Gasteiger partial charge in [0.15, 0.2) is 5.78 Å². The standard InChI is InChI=1S/C15H17BrF2O/c1-9-5-12(6-10(2)14(9)16)13(19)7-11-3-4-15(17,18)8-11/h5-6,11H,3-4,7-8H2,1-2H3. The van der Waals surface area contributed by atoms with Gasteiger partial charge in [0.25, 0.3) is 0 Å². The molecule has 19 heavy (non-hydrogen) atoms. The van der Waals surface area contributed by atoms with Gasteiger partial charge >= 0.3 is 0 Å². The molecule has 1 saturated carbocycles. The van der Waals surface area contributed by atoms with Gasteiger partial charge in [-0.25, -0.2) is 8.78 Å². The second-order valence-electron chi connectivity index (χ2n) is 5.52. The summed E-state index contributed by atoms with van der Waals surface area (Å²) in [7, 11) is 0. The molecule has 0 bridgehead atoms. The number of ketones is 1. The summed E-state index contributed by atoms with van der Waals surface area (Å²) in [6, 6.07) is 3.65. The Bertz CT molecular complexity index is 488. The van der Waals surface area contributed by atoms with E-state index in [1.807, 2.05) is 26.0 Å². The number of rotatable bonds is 3. The summed E-state index contributed by atoms with van der Waals surface area (Å²) in [4.78, 5) is 12.2. The van der Waals surface area contributed by atoms with Crippen molar-refractivity contribution in [2.24, 2.45) is 5.92 Å². The SMILES string of the molecule is Cc1cc(C(=O)CC2CCC(F)(F)C2)cc(C)c1Br. The van der Waals surface area contributed by atoms with Crippen molar-refractivity contribution in [2.75, 3.05) is 0 Å². The van der Waals surface area contributed by atoms with Crippen LogP contribution in [0, 0.1) is 19.8 Å². The smallest absolute Gasteiger partial charge is 0.248 e. The van der Waals surface area contributed by atoms with Crippen LogP contribution >= 0.6 is 15.9 Å². The minimum absolute atomic E-state index is 0.0265. The lowest BCUT2D eigenvalue weighted by Crippen LogP contribution is -2.12. The van der Waals surface area contributed by atoms with E-state index in [1.54, 1.807) is 0 Å². The Morgan fingerprint density at radius 1 is 1.37 bits per heavy atom. The van der Waals surface area contributed by atoms with Crippen LogP contribution in [0.2, 0.25) is 0 Å². The van der Waals surface area contributed by atoms with Crippen LogP contribution in [-0.4, -0.2) is 11.7 Å². The van der Waals surface area contributed by atoms with Crippen LogP contribution in [-0.2, 0) is 0 Å². The predicted molar refractivity (Wildman–Crippen MR) is 74.9 cm³/mol. The predicted octanol–water partition coefficient (Wildman–Crippen LogP) is 5.07. The van der Waals surface area contributed by atoms with Crippen LogP contribution in [0.3, 0.4) is 0 Å². The number of aryl methyl sites for hydroxylation is 2. The minimum Gasteiger partial charge on any atom is -0.294 e. The van der Waals surface area contributed by atoms with Crippen molar-refractivity contribution < 1.29 is 13.6 Å². The third-order valence-electron chi connectivity index (χ3n) is 3.74. The number of hydrogen-bond acceptors (Lipinski definition) is 1. The third-order valence-corrected chi connectivity index (χ3v) is 4.99. The molecule has 0 heterocycles. The maximum Gasteiger partial charge on any atom is 0.248 e. The number of hydrogen-bond donors (Lipinski definition) is 0. The highest BCUT2D eigenvalue weighted by molar-refractivity contribution is 9.10. The second-order valence-corrected chi connectivity index (χ2v) is 6.31. The molecule has 1 aromatic rings. The molecule has 0 radical (unpaired) electrons. The molecule has 1 unspecified atom stereocenters. The van der Waals surface area contributed by atoms with Crippen LogP contribution < -0.4 is 0 Å². The summed E-state index contributed by atoms with van der Waals surface area (Å²) < 4.78 is 27.2. The summed E-state index contributed by atoms with van der Waals surface area (Å²) in [5.41, 5.74) is 2.63. The summed E-state index contributed by atoms with van der Waals surface area (Å²) in [6.45, 7) is 3.86. The highest BCUT2D eigenvalue weighted by Gasteiger charge is 2.39. The Hall–Kier alpha value is -0.770. The van der Waals surface area contributed by atoms with Crippen molar-refractivity contribution in [1.29, 1.82) is 0 Å². The summed E-state index contributed by atoms with van der Waals surface area (Å²) >= 11 is 3.45. The number of alkyl halides is 2. The maximum atomic E-state index is 13.1. The molecule has 1 atom stereocenters. The van der Waals surface area contributed by atoms with Crippen LogP contribution in [0.15, 0.2) is 16.6 Å². The molecule has 2 rings (SSSR count). The van der Waals surface area contributed by atoms with Gasteiger partial charge < -0.3 is 0 Å². The van der Waals surface area contributed by atoms with Crippen LogP contribution in [0.25, 0.3) is 0 Å². The van der Waals surface area contributed by atoms with E-state index in [-0.39, 0.29) is 31.0 Å². The van der Waals surface area contributed by atoms with E-state index in [4.69, 9.17) is 0 Å². The maximum absolute atomic E-state index is 13.1. The van der Waals surface area contributed by atoms with Crippen molar-refractivity contribution in [3.8, 4) is 0 Å². The number of carbonyl (C=O) groups is 1. The highest BCUT2D eigenvalue weighted by atomic mass is 79.9. The van der Waals surface area contributed by atoms with Gasteiger partial charge in [0.1, 0.15) is 0 Å². The average Bonchev–Trinajstić information content (AvgIpc) is 2.64. The van der Waals surface area contributed by atoms with Crippen molar-refractivity contribution in [2.45, 2.75) is 45.5 Å². The zero-order valence-corrected chi connectivity index (χ0v) is 12.7. The molecule has 0 aromatic heterocycles. The van der Waals surface area contributed by atoms with Gasteiger partial charge in [0, 0.05) is 29.3 Å². The van der Waals surface area contributed by atoms with E-state index in [2.05, 4.69) is 15.9 Å². The van der Waals surface area contributed by atoms with E-state index in [9.17, 15) is 13.6 Å². The van der Waals surface area contributed by atoms with E-state index in [0.717, 1.165) is 15.6 Å². The zero-order chi connectivity index (χ0) is 14.2. The Morgan fingerprint density at radius 2 is 1.95 bits per heavy atom. The molecule has 0 aliphatic heterocycles. The molecular formula is C15H17BrF2O. The van der Waals surface area contributed by atoms with E-state index < -0.39 is 5.92 Å². The second kappa shape index (κ2) is 5.31. The monoisotopic (exact) mass is 330 g/mol. The largest absolute Gasteiger partial charge is 0.294 e. The fourth-order valence-electron chi connectivity index (χ4n) is 2.70. The minimum atomic E-state index is -2.57. The third kappa shape index (κ3) is 3.41. The first-order valence-corrected chi connectivity index (χ1v) is 7.25. The van der Waals surface area contributed by atoms with Crippen LogP contribution in [0.5, 0.6) is 0 Å². The summed E-state index contributed by atoms with van der Waals surface area (Å²) in [6.07, 6.45) is 0.458. The number of Topliss-reactive ketones (excluding diaryl/α,β-unsaturated/α-hetero) is 1. The fourth-order valence-corrected chi connectivity index (χ4v) is 2.93. The molecule has 1 aliphatic rings. The number of carbonyl (C=O) groups excluding carboxylic acids is 1. The van der Waals surface area contributed by atoms with E-state index >= 15 is 0 Å². The Labute approximate surface area is 120 Å². The lowest BCUT2D eigenvalue weighted by Gasteiger charge is -2.11. The van der Waals surface area contributed by atoms with Gasteiger partial charge in [0.05, 0.1) is 0 Å². The van der Waals surface area contributed by atoms with E-state index in [1.165, 1.54) is 0 Å². The van der Waals surface area contributed by atoms with Gasteiger partial charge in [-0.1, -0.05) is 15.9 Å². The first kappa shape index (κ1) is 14.6. The average molecular weight is 331 g/mol. The Morgan fingerprint density at radius 3 is 2.42 bits per heavy atom. The normalized spacial score (nSPS) is 21.6. The lowest BCUT2D eigenvalue weighted by molar-refractivity contribution is 0.00497. The quantitative estimate of drug-likeness (QED) is 0.707.